The first-order valence-corrected chi connectivity index (χ1v) is 8.77. The number of hydrogen-bond acceptors (Lipinski definition) is 6. The van der Waals surface area contributed by atoms with Gasteiger partial charge in [-0.2, -0.15) is 0 Å². The fourth-order valence-corrected chi connectivity index (χ4v) is 3.28. The minimum atomic E-state index is -0.534. The van der Waals surface area contributed by atoms with Crippen molar-refractivity contribution in [3.05, 3.63) is 59.0 Å². The maximum absolute atomic E-state index is 12.5. The Bertz CT molecular complexity index is 924. The fourth-order valence-electron chi connectivity index (χ4n) is 2.44. The summed E-state index contributed by atoms with van der Waals surface area (Å²) in [6.07, 6.45) is 1.54. The van der Waals surface area contributed by atoms with Gasteiger partial charge in [0.05, 0.1) is 17.7 Å². The van der Waals surface area contributed by atoms with E-state index in [-0.39, 0.29) is 10.7 Å². The topological polar surface area (TPSA) is 95.9 Å². The molecule has 27 heavy (non-hydrogen) atoms. The minimum Gasteiger partial charge on any atom is -0.508 e. The number of aromatic hydroxyl groups is 1. The number of carbonyl (C=O) groups excluding carboxylic acids is 3. The number of phenols is 1. The number of hydrogen-bond donors (Lipinski definition) is 2. The quantitative estimate of drug-likeness (QED) is 0.769. The highest BCUT2D eigenvalue weighted by atomic mass is 32.2. The molecule has 1 fully saturated rings. The zero-order valence-electron chi connectivity index (χ0n) is 14.3. The zero-order chi connectivity index (χ0) is 19.4. The van der Waals surface area contributed by atoms with Crippen LogP contribution in [0.2, 0.25) is 0 Å². The molecule has 0 unspecified atom stereocenters. The van der Waals surface area contributed by atoms with Gasteiger partial charge in [-0.1, -0.05) is 24.3 Å². The monoisotopic (exact) mass is 384 g/mol. The van der Waals surface area contributed by atoms with Crippen LogP contribution in [0, 0.1) is 0 Å². The molecule has 0 aromatic heterocycles. The molecule has 1 aliphatic rings. The summed E-state index contributed by atoms with van der Waals surface area (Å²) in [5, 5.41) is 11.4. The molecule has 3 rings (SSSR count). The summed E-state index contributed by atoms with van der Waals surface area (Å²) < 4.78 is 5.16. The third-order valence-corrected chi connectivity index (χ3v) is 4.65. The molecule has 2 aromatic carbocycles. The number of rotatable bonds is 5. The van der Waals surface area contributed by atoms with Gasteiger partial charge < -0.3 is 15.2 Å². The molecular weight excluding hydrogens is 368 g/mol. The minimum absolute atomic E-state index is 0.105. The van der Waals surface area contributed by atoms with E-state index in [0.29, 0.717) is 17.0 Å². The molecule has 0 bridgehead atoms. The Morgan fingerprint density at radius 3 is 2.59 bits per heavy atom. The Hall–Kier alpha value is -3.26. The third kappa shape index (κ3) is 4.29. The lowest BCUT2D eigenvalue weighted by molar-refractivity contribution is -0.127. The number of para-hydroxylation sites is 2. The molecule has 8 heteroatoms. The van der Waals surface area contributed by atoms with E-state index in [4.69, 9.17) is 4.74 Å². The van der Waals surface area contributed by atoms with Crippen LogP contribution in [0.15, 0.2) is 53.4 Å². The third-order valence-electron chi connectivity index (χ3n) is 3.75. The summed E-state index contributed by atoms with van der Waals surface area (Å²) in [5.74, 6) is -0.457. The molecular formula is C19H16N2O5S. The second-order valence-corrected chi connectivity index (χ2v) is 6.60. The molecule has 138 valence electrons. The predicted molar refractivity (Wildman–Crippen MR) is 102 cm³/mol. The molecule has 0 aliphatic carbocycles. The van der Waals surface area contributed by atoms with Crippen LogP contribution in [0.3, 0.4) is 0 Å². The molecule has 2 N–H and O–H groups in total. The highest BCUT2D eigenvalue weighted by molar-refractivity contribution is 8.18. The van der Waals surface area contributed by atoms with Crippen LogP contribution >= 0.6 is 11.8 Å². The van der Waals surface area contributed by atoms with Crippen molar-refractivity contribution in [1.82, 2.24) is 4.90 Å². The predicted octanol–water partition coefficient (Wildman–Crippen LogP) is 3.08. The zero-order valence-corrected chi connectivity index (χ0v) is 15.2. The van der Waals surface area contributed by atoms with Crippen LogP contribution in [0.4, 0.5) is 10.5 Å². The summed E-state index contributed by atoms with van der Waals surface area (Å²) in [6, 6.07) is 13.1. The van der Waals surface area contributed by atoms with Gasteiger partial charge in [-0.15, -0.1) is 0 Å². The van der Waals surface area contributed by atoms with E-state index in [0.717, 1.165) is 16.7 Å². The Balaban J connectivity index is 1.70. The van der Waals surface area contributed by atoms with Gasteiger partial charge in [0.1, 0.15) is 18.0 Å². The van der Waals surface area contributed by atoms with E-state index in [1.165, 1.54) is 19.2 Å². The summed E-state index contributed by atoms with van der Waals surface area (Å²) in [7, 11) is 1.48. The number of imide groups is 1. The van der Waals surface area contributed by atoms with Gasteiger partial charge in [-0.25, -0.2) is 0 Å². The summed E-state index contributed by atoms with van der Waals surface area (Å²) in [6.45, 7) is -0.393. The van der Waals surface area contributed by atoms with Gasteiger partial charge in [0.25, 0.3) is 11.1 Å². The van der Waals surface area contributed by atoms with Crippen molar-refractivity contribution in [1.29, 1.82) is 0 Å². The van der Waals surface area contributed by atoms with E-state index >= 15 is 0 Å². The van der Waals surface area contributed by atoms with Gasteiger partial charge in [0, 0.05) is 0 Å². The second-order valence-electron chi connectivity index (χ2n) is 5.61. The lowest BCUT2D eigenvalue weighted by Crippen LogP contribution is -2.36. The van der Waals surface area contributed by atoms with E-state index < -0.39 is 23.6 Å². The van der Waals surface area contributed by atoms with Crippen LogP contribution in [0.1, 0.15) is 5.56 Å². The van der Waals surface area contributed by atoms with Crippen molar-refractivity contribution < 1.29 is 24.2 Å². The maximum Gasteiger partial charge on any atom is 0.294 e. The van der Waals surface area contributed by atoms with Crippen molar-refractivity contribution in [2.24, 2.45) is 0 Å². The lowest BCUT2D eigenvalue weighted by atomic mass is 10.2. The molecule has 2 aromatic rings. The number of methoxy groups -OCH3 is 1. The molecule has 0 saturated carbocycles. The highest BCUT2D eigenvalue weighted by Gasteiger charge is 2.36. The van der Waals surface area contributed by atoms with Crippen LogP contribution in [-0.4, -0.2) is 40.7 Å². The maximum atomic E-state index is 12.5. The number of benzene rings is 2. The lowest BCUT2D eigenvalue weighted by Gasteiger charge is -2.14. The van der Waals surface area contributed by atoms with Crippen LogP contribution in [-0.2, 0) is 9.59 Å². The van der Waals surface area contributed by atoms with Crippen molar-refractivity contribution in [3.63, 3.8) is 0 Å². The molecule has 0 atom stereocenters. The van der Waals surface area contributed by atoms with Crippen LogP contribution in [0.5, 0.6) is 11.5 Å². The van der Waals surface area contributed by atoms with E-state index in [1.54, 1.807) is 42.5 Å². The molecule has 1 heterocycles. The Labute approximate surface area is 159 Å². The molecule has 7 nitrogen and oxygen atoms in total. The SMILES string of the molecule is COc1ccccc1NC(=O)CN1C(=O)S/C(=C\c2ccc(O)cc2)C1=O. The smallest absolute Gasteiger partial charge is 0.294 e. The average Bonchev–Trinajstić information content (AvgIpc) is 2.91. The Morgan fingerprint density at radius 1 is 1.19 bits per heavy atom. The Kier molecular flexibility index (Phi) is 5.46. The average molecular weight is 384 g/mol. The fraction of sp³-hybridized carbons (Fsp3) is 0.105. The largest absolute Gasteiger partial charge is 0.508 e. The van der Waals surface area contributed by atoms with Crippen molar-refractivity contribution in [2.75, 3.05) is 19.0 Å². The van der Waals surface area contributed by atoms with Crippen molar-refractivity contribution >= 4 is 40.6 Å². The molecule has 1 aliphatic heterocycles. The number of ether oxygens (including phenoxy) is 1. The summed E-state index contributed by atoms with van der Waals surface area (Å²) >= 11 is 0.768. The van der Waals surface area contributed by atoms with Crippen LogP contribution < -0.4 is 10.1 Å². The van der Waals surface area contributed by atoms with E-state index in [2.05, 4.69) is 5.32 Å². The highest BCUT2D eigenvalue weighted by Crippen LogP contribution is 2.32. The number of thioether (sulfide) groups is 1. The first-order valence-electron chi connectivity index (χ1n) is 7.95. The standard InChI is InChI=1S/C19H16N2O5S/c1-26-15-5-3-2-4-14(15)20-17(23)11-21-18(24)16(27-19(21)25)10-12-6-8-13(22)9-7-12/h2-10,22H,11H2,1H3,(H,20,23)/b16-10-. The summed E-state index contributed by atoms with van der Waals surface area (Å²) in [4.78, 5) is 38.0. The summed E-state index contributed by atoms with van der Waals surface area (Å²) in [5.41, 5.74) is 1.12. The van der Waals surface area contributed by atoms with Crippen molar-refractivity contribution in [2.45, 2.75) is 0 Å². The van der Waals surface area contributed by atoms with Gasteiger partial charge >= 0.3 is 0 Å². The number of amides is 3. The molecule has 0 spiro atoms. The Morgan fingerprint density at radius 2 is 1.89 bits per heavy atom. The number of phenolic OH excluding ortho intramolecular Hbond substituents is 1. The van der Waals surface area contributed by atoms with E-state index in [1.807, 2.05) is 0 Å². The normalized spacial score (nSPS) is 15.3. The van der Waals surface area contributed by atoms with Gasteiger partial charge in [-0.3, -0.25) is 19.3 Å². The van der Waals surface area contributed by atoms with Gasteiger partial charge in [-0.05, 0) is 47.7 Å². The van der Waals surface area contributed by atoms with Crippen molar-refractivity contribution in [3.8, 4) is 11.5 Å². The molecule has 0 radical (unpaired) electrons. The first kappa shape index (κ1) is 18.5. The number of nitrogens with one attached hydrogen (secondary N) is 1. The first-order chi connectivity index (χ1) is 13.0. The number of nitrogens with zero attached hydrogens (tertiary/aromatic N) is 1. The van der Waals surface area contributed by atoms with E-state index in [9.17, 15) is 19.5 Å². The number of anilines is 1. The second kappa shape index (κ2) is 7.96. The van der Waals surface area contributed by atoms with Gasteiger partial charge in [0.2, 0.25) is 5.91 Å². The number of carbonyl (C=O) groups is 3. The molecule has 3 amide bonds. The molecule has 1 saturated heterocycles. The van der Waals surface area contributed by atoms with Crippen LogP contribution in [0.25, 0.3) is 6.08 Å². The van der Waals surface area contributed by atoms with Gasteiger partial charge in [0.15, 0.2) is 0 Å².